The first-order valence-electron chi connectivity index (χ1n) is 10.3. The Morgan fingerprint density at radius 2 is 1.94 bits per heavy atom. The van der Waals surface area contributed by atoms with Gasteiger partial charge in [0, 0.05) is 29.3 Å². The minimum absolute atomic E-state index is 0.0316. The molecule has 1 heterocycles. The Morgan fingerprint density at radius 1 is 1.18 bits per heavy atom. The van der Waals surface area contributed by atoms with E-state index in [1.807, 2.05) is 30.3 Å². The Morgan fingerprint density at radius 3 is 2.61 bits per heavy atom. The predicted molar refractivity (Wildman–Crippen MR) is 122 cm³/mol. The number of aryl methyl sites for hydroxylation is 1. The maximum atomic E-state index is 11.8. The molecule has 0 spiro atoms. The number of rotatable bonds is 7. The normalized spacial score (nSPS) is 14.9. The highest BCUT2D eigenvalue weighted by molar-refractivity contribution is 5.81. The van der Waals surface area contributed by atoms with Gasteiger partial charge in [-0.1, -0.05) is 36.4 Å². The standard InChI is InChI=1S/C25H22N2O6/c1-15-9-19-20(13-28)23(29)24(33-25(19)21(10-15)27(30)31)17-7-8-22(18(11-17)12-26)32-14-16-5-3-2-4-6-16/h2-11,13,20,29H,12,14,26H2,1H3. The van der Waals surface area contributed by atoms with Crippen LogP contribution in [-0.4, -0.2) is 16.3 Å². The van der Waals surface area contributed by atoms with Crippen molar-refractivity contribution < 1.29 is 24.3 Å². The fourth-order valence-electron chi connectivity index (χ4n) is 3.80. The molecule has 168 valence electrons. The highest BCUT2D eigenvalue weighted by atomic mass is 16.6. The van der Waals surface area contributed by atoms with Gasteiger partial charge in [-0.2, -0.15) is 0 Å². The molecule has 0 aromatic heterocycles. The third-order valence-corrected chi connectivity index (χ3v) is 5.42. The Labute approximate surface area is 190 Å². The number of allylic oxidation sites excluding steroid dienone is 1. The van der Waals surface area contributed by atoms with E-state index < -0.39 is 10.8 Å². The minimum atomic E-state index is -1.09. The fourth-order valence-corrected chi connectivity index (χ4v) is 3.80. The van der Waals surface area contributed by atoms with Gasteiger partial charge in [0.25, 0.3) is 0 Å². The number of hydrogen-bond acceptors (Lipinski definition) is 7. The first kappa shape index (κ1) is 22.0. The van der Waals surface area contributed by atoms with Crippen LogP contribution in [0.5, 0.6) is 11.5 Å². The summed E-state index contributed by atoms with van der Waals surface area (Å²) in [6.07, 6.45) is 0.543. The van der Waals surface area contributed by atoms with Gasteiger partial charge in [0.05, 0.1) is 4.92 Å². The highest BCUT2D eigenvalue weighted by Gasteiger charge is 2.35. The summed E-state index contributed by atoms with van der Waals surface area (Å²) >= 11 is 0. The first-order chi connectivity index (χ1) is 15.9. The summed E-state index contributed by atoms with van der Waals surface area (Å²) in [5, 5.41) is 22.4. The molecular weight excluding hydrogens is 424 g/mol. The number of aliphatic hydroxyl groups is 1. The average Bonchev–Trinajstić information content (AvgIpc) is 2.82. The quantitative estimate of drug-likeness (QED) is 0.310. The van der Waals surface area contributed by atoms with Crippen molar-refractivity contribution in [3.05, 3.63) is 104 Å². The van der Waals surface area contributed by atoms with Crippen molar-refractivity contribution >= 4 is 17.7 Å². The average molecular weight is 446 g/mol. The number of nitro groups is 1. The molecule has 8 nitrogen and oxygen atoms in total. The molecule has 3 aromatic carbocycles. The number of hydrogen-bond donors (Lipinski definition) is 2. The fraction of sp³-hybridized carbons (Fsp3) is 0.160. The van der Waals surface area contributed by atoms with Gasteiger partial charge in [-0.15, -0.1) is 0 Å². The maximum Gasteiger partial charge on any atom is 0.312 e. The SMILES string of the molecule is Cc1cc2c(c([N+](=O)[O-])c1)OC(c1ccc(OCc3ccccc3)c(CN)c1)=C(O)C2C=O. The molecule has 3 aromatic rings. The summed E-state index contributed by atoms with van der Waals surface area (Å²) < 4.78 is 11.7. The second kappa shape index (κ2) is 9.13. The zero-order valence-electron chi connectivity index (χ0n) is 17.9. The van der Waals surface area contributed by atoms with Gasteiger partial charge in [0.15, 0.2) is 11.5 Å². The van der Waals surface area contributed by atoms with Crippen molar-refractivity contribution in [1.29, 1.82) is 0 Å². The van der Waals surface area contributed by atoms with Crippen molar-refractivity contribution in [3.63, 3.8) is 0 Å². The molecule has 1 aliphatic rings. The van der Waals surface area contributed by atoms with Crippen LogP contribution in [0.15, 0.2) is 66.4 Å². The van der Waals surface area contributed by atoms with E-state index in [1.54, 1.807) is 31.2 Å². The molecule has 0 fully saturated rings. The number of fused-ring (bicyclic) bond motifs is 1. The number of aldehydes is 1. The Kier molecular flexibility index (Phi) is 6.10. The van der Waals surface area contributed by atoms with Crippen molar-refractivity contribution in [2.45, 2.75) is 26.0 Å². The number of benzene rings is 3. The maximum absolute atomic E-state index is 11.8. The summed E-state index contributed by atoms with van der Waals surface area (Å²) in [5.74, 6) is -0.934. The number of carbonyl (C=O) groups excluding carboxylic acids is 1. The van der Waals surface area contributed by atoms with Crippen molar-refractivity contribution in [1.82, 2.24) is 0 Å². The molecule has 0 radical (unpaired) electrons. The zero-order valence-corrected chi connectivity index (χ0v) is 17.9. The Bertz CT molecular complexity index is 1250. The lowest BCUT2D eigenvalue weighted by atomic mass is 9.91. The number of nitrogens with zero attached hydrogens (tertiary/aromatic N) is 1. The lowest BCUT2D eigenvalue weighted by Crippen LogP contribution is -2.18. The lowest BCUT2D eigenvalue weighted by molar-refractivity contribution is -0.385. The van der Waals surface area contributed by atoms with E-state index in [9.17, 15) is 20.0 Å². The van der Waals surface area contributed by atoms with Gasteiger partial charge in [-0.05, 0) is 36.2 Å². The van der Waals surface area contributed by atoms with Crippen LogP contribution in [0.3, 0.4) is 0 Å². The van der Waals surface area contributed by atoms with Crippen LogP contribution >= 0.6 is 0 Å². The molecule has 0 aliphatic carbocycles. The Balaban J connectivity index is 1.71. The number of carbonyl (C=O) groups is 1. The van der Waals surface area contributed by atoms with E-state index in [4.69, 9.17) is 15.2 Å². The largest absolute Gasteiger partial charge is 0.507 e. The van der Waals surface area contributed by atoms with Crippen LogP contribution in [-0.2, 0) is 17.9 Å². The van der Waals surface area contributed by atoms with Gasteiger partial charge >= 0.3 is 5.69 Å². The second-order valence-corrected chi connectivity index (χ2v) is 7.69. The number of nitrogens with two attached hydrogens (primary N) is 1. The number of nitro benzene ring substituents is 1. The summed E-state index contributed by atoms with van der Waals surface area (Å²) in [6.45, 7) is 2.18. The van der Waals surface area contributed by atoms with Gasteiger partial charge in [-0.25, -0.2) is 0 Å². The third-order valence-electron chi connectivity index (χ3n) is 5.42. The van der Waals surface area contributed by atoms with E-state index in [0.29, 0.717) is 35.3 Å². The highest BCUT2D eigenvalue weighted by Crippen LogP contribution is 2.46. The van der Waals surface area contributed by atoms with Crippen LogP contribution in [0.4, 0.5) is 5.69 Å². The summed E-state index contributed by atoms with van der Waals surface area (Å²) in [7, 11) is 0. The topological polar surface area (TPSA) is 125 Å². The molecule has 1 aliphatic heterocycles. The van der Waals surface area contributed by atoms with Crippen LogP contribution in [0.25, 0.3) is 5.76 Å². The second-order valence-electron chi connectivity index (χ2n) is 7.69. The van der Waals surface area contributed by atoms with Crippen LogP contribution < -0.4 is 15.2 Å². The molecule has 1 atom stereocenters. The van der Waals surface area contributed by atoms with Gasteiger partial charge in [-0.3, -0.25) is 10.1 Å². The van der Waals surface area contributed by atoms with E-state index >= 15 is 0 Å². The minimum Gasteiger partial charge on any atom is -0.507 e. The first-order valence-corrected chi connectivity index (χ1v) is 10.3. The van der Waals surface area contributed by atoms with Crippen molar-refractivity contribution in [2.24, 2.45) is 5.73 Å². The molecule has 1 unspecified atom stereocenters. The number of aliphatic hydroxyl groups excluding tert-OH is 1. The third kappa shape index (κ3) is 4.28. The molecule has 33 heavy (non-hydrogen) atoms. The molecule has 0 saturated carbocycles. The summed E-state index contributed by atoms with van der Waals surface area (Å²) in [4.78, 5) is 22.9. The van der Waals surface area contributed by atoms with E-state index in [1.165, 1.54) is 6.07 Å². The predicted octanol–water partition coefficient (Wildman–Crippen LogP) is 4.54. The molecular formula is C25H22N2O6. The zero-order chi connectivity index (χ0) is 23.5. The monoisotopic (exact) mass is 446 g/mol. The van der Waals surface area contributed by atoms with Crippen LogP contribution in [0.2, 0.25) is 0 Å². The molecule has 4 rings (SSSR count). The van der Waals surface area contributed by atoms with E-state index in [-0.39, 0.29) is 35.1 Å². The molecule has 0 amide bonds. The lowest BCUT2D eigenvalue weighted by Gasteiger charge is -2.25. The molecule has 0 bridgehead atoms. The summed E-state index contributed by atoms with van der Waals surface area (Å²) in [5.41, 5.74) is 8.54. The van der Waals surface area contributed by atoms with Gasteiger partial charge in [0.1, 0.15) is 24.6 Å². The molecule has 8 heteroatoms. The smallest absolute Gasteiger partial charge is 0.312 e. The Hall–Kier alpha value is -4.17. The number of ether oxygens (including phenoxy) is 2. The van der Waals surface area contributed by atoms with Crippen molar-refractivity contribution in [3.8, 4) is 11.5 Å². The van der Waals surface area contributed by atoms with E-state index in [0.717, 1.165) is 5.56 Å². The van der Waals surface area contributed by atoms with E-state index in [2.05, 4.69) is 0 Å². The van der Waals surface area contributed by atoms with Gasteiger partial charge in [0.2, 0.25) is 5.75 Å². The summed E-state index contributed by atoms with van der Waals surface area (Å²) in [6, 6.07) is 17.6. The van der Waals surface area contributed by atoms with Crippen LogP contribution in [0.1, 0.15) is 33.7 Å². The molecule has 3 N–H and O–H groups in total. The van der Waals surface area contributed by atoms with Crippen molar-refractivity contribution in [2.75, 3.05) is 0 Å². The van der Waals surface area contributed by atoms with Crippen LogP contribution in [0, 0.1) is 17.0 Å². The molecule has 0 saturated heterocycles. The van der Waals surface area contributed by atoms with Gasteiger partial charge < -0.3 is 25.1 Å².